The van der Waals surface area contributed by atoms with Crippen LogP contribution in [0.2, 0.25) is 0 Å². The summed E-state index contributed by atoms with van der Waals surface area (Å²) in [6.45, 7) is 3.07. The van der Waals surface area contributed by atoms with Gasteiger partial charge in [-0.1, -0.05) is 25.1 Å². The first kappa shape index (κ1) is 21.9. The van der Waals surface area contributed by atoms with Gasteiger partial charge in [0.2, 0.25) is 5.91 Å². The molecule has 0 heterocycles. The van der Waals surface area contributed by atoms with Crippen LogP contribution >= 0.6 is 0 Å². The van der Waals surface area contributed by atoms with Crippen molar-refractivity contribution < 1.29 is 28.7 Å². The molecule has 0 aromatic heterocycles. The second-order valence-electron chi connectivity index (χ2n) is 5.50. The number of benzene rings is 1. The molecule has 0 saturated heterocycles. The molecule has 0 aliphatic carbocycles. The van der Waals surface area contributed by atoms with E-state index in [4.69, 9.17) is 4.74 Å². The standard InChI is InChI=1S/C19H24N2O6/c1-4-14-8-6-7-9-15(14)20-16(22)12-21(3)17(23)13-27-19(25)11-10-18(24)26-5-2/h6-11H,4-5,12-13H2,1-3H3,(H,20,22)/b11-10+. The number of ether oxygens (including phenoxy) is 2. The fraction of sp³-hybridized carbons (Fsp3) is 0.368. The number of rotatable bonds is 9. The lowest BCUT2D eigenvalue weighted by Gasteiger charge is -2.17. The minimum atomic E-state index is -0.855. The summed E-state index contributed by atoms with van der Waals surface area (Å²) in [4.78, 5) is 47.7. The van der Waals surface area contributed by atoms with Crippen LogP contribution in [0.5, 0.6) is 0 Å². The van der Waals surface area contributed by atoms with E-state index in [0.29, 0.717) is 5.69 Å². The highest BCUT2D eigenvalue weighted by atomic mass is 16.5. The third kappa shape index (κ3) is 8.17. The molecule has 0 saturated carbocycles. The summed E-state index contributed by atoms with van der Waals surface area (Å²) in [6.07, 6.45) is 2.55. The Kier molecular flexibility index (Phi) is 9.28. The number of para-hydroxylation sites is 1. The Hall–Kier alpha value is -3.16. The molecule has 0 spiro atoms. The van der Waals surface area contributed by atoms with Gasteiger partial charge in [0, 0.05) is 24.9 Å². The monoisotopic (exact) mass is 376 g/mol. The number of anilines is 1. The molecule has 1 aromatic carbocycles. The van der Waals surface area contributed by atoms with E-state index in [1.807, 2.05) is 25.1 Å². The van der Waals surface area contributed by atoms with Gasteiger partial charge in [0.1, 0.15) is 0 Å². The van der Waals surface area contributed by atoms with Crippen LogP contribution in [0.25, 0.3) is 0 Å². The number of carbonyl (C=O) groups is 4. The molecule has 0 aliphatic rings. The zero-order chi connectivity index (χ0) is 20.2. The molecule has 8 heteroatoms. The van der Waals surface area contributed by atoms with Crippen molar-refractivity contribution in [3.8, 4) is 0 Å². The van der Waals surface area contributed by atoms with Gasteiger partial charge in [0.25, 0.3) is 5.91 Å². The van der Waals surface area contributed by atoms with Crippen molar-refractivity contribution in [2.24, 2.45) is 0 Å². The van der Waals surface area contributed by atoms with Crippen molar-refractivity contribution in [1.29, 1.82) is 0 Å². The van der Waals surface area contributed by atoms with Crippen molar-refractivity contribution in [2.75, 3.05) is 32.1 Å². The first-order chi connectivity index (χ1) is 12.9. The van der Waals surface area contributed by atoms with Gasteiger partial charge in [0.15, 0.2) is 6.61 Å². The van der Waals surface area contributed by atoms with E-state index in [9.17, 15) is 19.2 Å². The number of likely N-dealkylation sites (N-methyl/N-ethyl adjacent to an activating group) is 1. The number of nitrogens with zero attached hydrogens (tertiary/aromatic N) is 1. The molecule has 27 heavy (non-hydrogen) atoms. The quantitative estimate of drug-likeness (QED) is 0.515. The molecular weight excluding hydrogens is 352 g/mol. The maximum atomic E-state index is 12.1. The molecule has 0 fully saturated rings. The molecule has 1 aromatic rings. The topological polar surface area (TPSA) is 102 Å². The smallest absolute Gasteiger partial charge is 0.331 e. The lowest BCUT2D eigenvalue weighted by molar-refractivity contribution is -0.148. The largest absolute Gasteiger partial charge is 0.463 e. The number of hydrogen-bond donors (Lipinski definition) is 1. The molecular formula is C19H24N2O6. The number of hydrogen-bond acceptors (Lipinski definition) is 6. The number of nitrogens with one attached hydrogen (secondary N) is 1. The van der Waals surface area contributed by atoms with Crippen LogP contribution in [0.4, 0.5) is 5.69 Å². The molecule has 0 radical (unpaired) electrons. The van der Waals surface area contributed by atoms with Gasteiger partial charge < -0.3 is 19.7 Å². The van der Waals surface area contributed by atoms with E-state index in [-0.39, 0.29) is 19.1 Å². The Morgan fingerprint density at radius 3 is 2.30 bits per heavy atom. The molecule has 146 valence electrons. The van der Waals surface area contributed by atoms with Crippen LogP contribution in [0, 0.1) is 0 Å². The summed E-state index contributed by atoms with van der Waals surface area (Å²) >= 11 is 0. The predicted molar refractivity (Wildman–Crippen MR) is 98.8 cm³/mol. The highest BCUT2D eigenvalue weighted by molar-refractivity contribution is 5.96. The van der Waals surface area contributed by atoms with Crippen LogP contribution in [-0.2, 0) is 35.1 Å². The van der Waals surface area contributed by atoms with Gasteiger partial charge in [0.05, 0.1) is 13.2 Å². The van der Waals surface area contributed by atoms with Crippen molar-refractivity contribution >= 4 is 29.4 Å². The maximum Gasteiger partial charge on any atom is 0.331 e. The fourth-order valence-electron chi connectivity index (χ4n) is 2.06. The SMILES string of the molecule is CCOC(=O)/C=C/C(=O)OCC(=O)N(C)CC(=O)Nc1ccccc1CC. The van der Waals surface area contributed by atoms with Gasteiger partial charge in [-0.2, -0.15) is 0 Å². The van der Waals surface area contributed by atoms with Gasteiger partial charge in [-0.05, 0) is 25.0 Å². The van der Waals surface area contributed by atoms with Crippen molar-refractivity contribution in [3.05, 3.63) is 42.0 Å². The Morgan fingerprint density at radius 1 is 1.04 bits per heavy atom. The Bertz CT molecular complexity index is 714. The highest BCUT2D eigenvalue weighted by Gasteiger charge is 2.15. The lowest BCUT2D eigenvalue weighted by atomic mass is 10.1. The summed E-state index contributed by atoms with van der Waals surface area (Å²) in [6, 6.07) is 7.39. The number of esters is 2. The van der Waals surface area contributed by atoms with Crippen molar-refractivity contribution in [1.82, 2.24) is 4.90 Å². The first-order valence-electron chi connectivity index (χ1n) is 8.50. The van der Waals surface area contributed by atoms with E-state index in [1.165, 1.54) is 7.05 Å². The molecule has 8 nitrogen and oxygen atoms in total. The van der Waals surface area contributed by atoms with E-state index in [1.54, 1.807) is 13.0 Å². The normalized spacial score (nSPS) is 10.3. The van der Waals surface area contributed by atoms with E-state index < -0.39 is 24.5 Å². The lowest BCUT2D eigenvalue weighted by Crippen LogP contribution is -2.37. The number of aryl methyl sites for hydroxylation is 1. The molecule has 0 bridgehead atoms. The summed E-state index contributed by atoms with van der Waals surface area (Å²) in [5, 5.41) is 2.75. The van der Waals surface area contributed by atoms with Gasteiger partial charge in [-0.3, -0.25) is 9.59 Å². The zero-order valence-electron chi connectivity index (χ0n) is 15.7. The molecule has 2 amide bonds. The van der Waals surface area contributed by atoms with Crippen molar-refractivity contribution in [3.63, 3.8) is 0 Å². The summed E-state index contributed by atoms with van der Waals surface area (Å²) in [5.74, 6) is -2.44. The third-order valence-corrected chi connectivity index (χ3v) is 3.46. The molecule has 0 aliphatic heterocycles. The van der Waals surface area contributed by atoms with Gasteiger partial charge >= 0.3 is 11.9 Å². The van der Waals surface area contributed by atoms with Gasteiger partial charge in [-0.25, -0.2) is 9.59 Å². The highest BCUT2D eigenvalue weighted by Crippen LogP contribution is 2.15. The first-order valence-corrected chi connectivity index (χ1v) is 8.50. The summed E-state index contributed by atoms with van der Waals surface area (Å²) in [7, 11) is 1.43. The predicted octanol–water partition coefficient (Wildman–Crippen LogP) is 1.31. The average Bonchev–Trinajstić information content (AvgIpc) is 2.64. The molecule has 1 N–H and O–H groups in total. The Morgan fingerprint density at radius 2 is 1.67 bits per heavy atom. The fourth-order valence-corrected chi connectivity index (χ4v) is 2.06. The second kappa shape index (κ2) is 11.5. The molecule has 0 atom stereocenters. The van der Waals surface area contributed by atoms with Crippen LogP contribution in [-0.4, -0.2) is 55.5 Å². The minimum absolute atomic E-state index is 0.187. The third-order valence-electron chi connectivity index (χ3n) is 3.46. The Balaban J connectivity index is 2.44. The molecule has 0 unspecified atom stereocenters. The number of carbonyl (C=O) groups excluding carboxylic acids is 4. The summed E-state index contributed by atoms with van der Waals surface area (Å²) < 4.78 is 9.35. The maximum absolute atomic E-state index is 12.1. The van der Waals surface area contributed by atoms with E-state index in [2.05, 4.69) is 10.1 Å². The van der Waals surface area contributed by atoms with Crippen LogP contribution < -0.4 is 5.32 Å². The van der Waals surface area contributed by atoms with Crippen LogP contribution in [0.3, 0.4) is 0 Å². The zero-order valence-corrected chi connectivity index (χ0v) is 15.7. The Labute approximate surface area is 158 Å². The van der Waals surface area contributed by atoms with E-state index in [0.717, 1.165) is 29.0 Å². The second-order valence-corrected chi connectivity index (χ2v) is 5.50. The minimum Gasteiger partial charge on any atom is -0.463 e. The number of amides is 2. The van der Waals surface area contributed by atoms with Crippen LogP contribution in [0.1, 0.15) is 19.4 Å². The van der Waals surface area contributed by atoms with E-state index >= 15 is 0 Å². The van der Waals surface area contributed by atoms with Crippen LogP contribution in [0.15, 0.2) is 36.4 Å². The van der Waals surface area contributed by atoms with Gasteiger partial charge in [-0.15, -0.1) is 0 Å². The summed E-state index contributed by atoms with van der Waals surface area (Å²) in [5.41, 5.74) is 1.68. The van der Waals surface area contributed by atoms with Crippen molar-refractivity contribution in [2.45, 2.75) is 20.3 Å². The molecule has 1 rings (SSSR count). The average molecular weight is 376 g/mol.